The Bertz CT molecular complexity index is 782. The lowest BCUT2D eigenvalue weighted by Crippen LogP contribution is -2.37. The Labute approximate surface area is 150 Å². The first-order valence-corrected chi connectivity index (χ1v) is 8.87. The van der Waals surface area contributed by atoms with Crippen LogP contribution in [0.5, 0.6) is 0 Å². The predicted molar refractivity (Wildman–Crippen MR) is 97.3 cm³/mol. The zero-order chi connectivity index (χ0) is 17.6. The Kier molecular flexibility index (Phi) is 4.28. The van der Waals surface area contributed by atoms with Crippen molar-refractivity contribution in [2.24, 2.45) is 11.3 Å². The number of carbonyl (C=O) groups excluding carboxylic acids is 2. The van der Waals surface area contributed by atoms with Crippen molar-refractivity contribution in [2.45, 2.75) is 33.6 Å². The van der Waals surface area contributed by atoms with Crippen LogP contribution in [0.1, 0.15) is 39.2 Å². The second kappa shape index (κ2) is 5.99. The van der Waals surface area contributed by atoms with E-state index in [0.29, 0.717) is 12.8 Å². The molecule has 4 heteroatoms. The van der Waals surface area contributed by atoms with Gasteiger partial charge >= 0.3 is 5.97 Å². The van der Waals surface area contributed by atoms with Crippen molar-refractivity contribution in [3.8, 4) is 0 Å². The summed E-state index contributed by atoms with van der Waals surface area (Å²) in [5.74, 6) is -0.399. The van der Waals surface area contributed by atoms with Crippen molar-refractivity contribution in [3.63, 3.8) is 0 Å². The number of hydrogen-bond donors (Lipinski definition) is 0. The molecular weight excluding hydrogens is 368 g/mol. The topological polar surface area (TPSA) is 43.4 Å². The molecule has 0 aromatic heterocycles. The monoisotopic (exact) mass is 388 g/mol. The lowest BCUT2D eigenvalue weighted by atomic mass is 9.76. The van der Waals surface area contributed by atoms with Gasteiger partial charge in [0.25, 0.3) is 0 Å². The lowest BCUT2D eigenvalue weighted by molar-refractivity contribution is -0.155. The largest absolute Gasteiger partial charge is 0.468 e. The van der Waals surface area contributed by atoms with E-state index in [2.05, 4.69) is 35.0 Å². The van der Waals surface area contributed by atoms with Gasteiger partial charge in [-0.3, -0.25) is 9.59 Å². The molecule has 2 aliphatic carbocycles. The van der Waals surface area contributed by atoms with Gasteiger partial charge in [-0.05, 0) is 56.9 Å². The fourth-order valence-corrected chi connectivity index (χ4v) is 4.42. The third-order valence-electron chi connectivity index (χ3n) is 5.37. The van der Waals surface area contributed by atoms with E-state index in [-0.39, 0.29) is 11.7 Å². The number of ether oxygens (including phenoxy) is 1. The summed E-state index contributed by atoms with van der Waals surface area (Å²) < 4.78 is 6.02. The first kappa shape index (κ1) is 17.2. The molecule has 24 heavy (non-hydrogen) atoms. The quantitative estimate of drug-likeness (QED) is 0.418. The van der Waals surface area contributed by atoms with Crippen LogP contribution in [0, 0.1) is 11.3 Å². The fraction of sp³-hybridized carbons (Fsp3) is 0.400. The number of Topliss-reactive ketones (excluding diaryl/α,β-unsaturated/α-hetero) is 1. The molecule has 0 N–H and O–H groups in total. The fourth-order valence-electron chi connectivity index (χ4n) is 4.16. The molecule has 0 heterocycles. The van der Waals surface area contributed by atoms with Crippen LogP contribution in [-0.2, 0) is 14.3 Å². The summed E-state index contributed by atoms with van der Waals surface area (Å²) in [5.41, 5.74) is 4.26. The molecule has 0 radical (unpaired) electrons. The standard InChI is InChI=1S/C20H21BrO3/c1-11(2)17-16-10-20(18(17)22,19(23)24-4)9-15(16)12(3)13-5-7-14(21)8-6-13/h5-8,16H,9-10H2,1-4H3/b15-12-/t16-,20+/m1/s1. The summed E-state index contributed by atoms with van der Waals surface area (Å²) in [5, 5.41) is 0. The van der Waals surface area contributed by atoms with E-state index < -0.39 is 11.4 Å². The number of fused-ring (bicyclic) bond motifs is 2. The molecule has 2 bridgehead atoms. The van der Waals surface area contributed by atoms with E-state index in [1.807, 2.05) is 26.0 Å². The van der Waals surface area contributed by atoms with Crippen LogP contribution >= 0.6 is 15.9 Å². The zero-order valence-corrected chi connectivity index (χ0v) is 16.0. The molecule has 0 amide bonds. The van der Waals surface area contributed by atoms with Crippen molar-refractivity contribution in [2.75, 3.05) is 7.11 Å². The maximum absolute atomic E-state index is 12.9. The average Bonchev–Trinajstić information content (AvgIpc) is 3.08. The normalized spacial score (nSPS) is 27.5. The van der Waals surface area contributed by atoms with Gasteiger partial charge in [-0.15, -0.1) is 0 Å². The molecule has 2 aliphatic rings. The molecule has 1 aromatic carbocycles. The number of methoxy groups -OCH3 is 1. The SMILES string of the molecule is COC(=O)[C@@]12C/C(=C(\C)c3ccc(Br)cc3)[C@@H](C1)C(=C(C)C)C2=O. The van der Waals surface area contributed by atoms with E-state index in [4.69, 9.17) is 4.74 Å². The molecule has 2 saturated carbocycles. The van der Waals surface area contributed by atoms with Gasteiger partial charge in [0.2, 0.25) is 0 Å². The van der Waals surface area contributed by atoms with Gasteiger partial charge in [0, 0.05) is 16.0 Å². The number of halogens is 1. The highest BCUT2D eigenvalue weighted by molar-refractivity contribution is 9.10. The molecule has 0 spiro atoms. The Balaban J connectivity index is 2.14. The molecule has 0 unspecified atom stereocenters. The number of ketones is 1. The van der Waals surface area contributed by atoms with Gasteiger partial charge in [-0.25, -0.2) is 0 Å². The zero-order valence-electron chi connectivity index (χ0n) is 14.4. The summed E-state index contributed by atoms with van der Waals surface area (Å²) in [4.78, 5) is 25.3. The minimum Gasteiger partial charge on any atom is -0.468 e. The molecule has 3 nitrogen and oxygen atoms in total. The molecule has 2 atom stereocenters. The molecule has 2 fully saturated rings. The highest BCUT2D eigenvalue weighted by Crippen LogP contribution is 2.59. The van der Waals surface area contributed by atoms with Crippen LogP contribution in [-0.4, -0.2) is 18.9 Å². The van der Waals surface area contributed by atoms with Gasteiger partial charge in [-0.2, -0.15) is 0 Å². The van der Waals surface area contributed by atoms with Crippen LogP contribution in [0.4, 0.5) is 0 Å². The van der Waals surface area contributed by atoms with Gasteiger partial charge in [0.05, 0.1) is 7.11 Å². The smallest absolute Gasteiger partial charge is 0.320 e. The first-order valence-electron chi connectivity index (χ1n) is 8.08. The second-order valence-electron chi connectivity index (χ2n) is 6.91. The van der Waals surface area contributed by atoms with Crippen molar-refractivity contribution < 1.29 is 14.3 Å². The summed E-state index contributed by atoms with van der Waals surface area (Å²) in [6, 6.07) is 8.14. The lowest BCUT2D eigenvalue weighted by Gasteiger charge is -2.26. The molecule has 3 rings (SSSR count). The molecule has 0 saturated heterocycles. The van der Waals surface area contributed by atoms with E-state index >= 15 is 0 Å². The van der Waals surface area contributed by atoms with Gasteiger partial charge < -0.3 is 4.74 Å². The Hall–Kier alpha value is -1.68. The number of benzene rings is 1. The van der Waals surface area contributed by atoms with Gasteiger partial charge in [0.15, 0.2) is 5.78 Å². The number of esters is 1. The van der Waals surface area contributed by atoms with Crippen LogP contribution in [0.15, 0.2) is 45.5 Å². The van der Waals surface area contributed by atoms with Crippen LogP contribution in [0.3, 0.4) is 0 Å². The number of carbonyl (C=O) groups is 2. The molecule has 0 aliphatic heterocycles. The third kappa shape index (κ3) is 2.39. The van der Waals surface area contributed by atoms with Crippen molar-refractivity contribution >= 4 is 33.3 Å². The van der Waals surface area contributed by atoms with Gasteiger partial charge in [-0.1, -0.05) is 39.2 Å². The van der Waals surface area contributed by atoms with Crippen molar-refractivity contribution in [1.82, 2.24) is 0 Å². The minimum absolute atomic E-state index is 0.0326. The molecule has 1 aromatic rings. The highest BCUT2D eigenvalue weighted by Gasteiger charge is 2.62. The summed E-state index contributed by atoms with van der Waals surface area (Å²) >= 11 is 3.45. The predicted octanol–water partition coefficient (Wildman–Crippen LogP) is 4.71. The number of hydrogen-bond acceptors (Lipinski definition) is 3. The first-order chi connectivity index (χ1) is 11.3. The maximum Gasteiger partial charge on any atom is 0.320 e. The maximum atomic E-state index is 12.9. The summed E-state index contributed by atoms with van der Waals surface area (Å²) in [6.07, 6.45) is 1.02. The second-order valence-corrected chi connectivity index (χ2v) is 7.82. The van der Waals surface area contributed by atoms with Gasteiger partial charge in [0.1, 0.15) is 5.41 Å². The van der Waals surface area contributed by atoms with E-state index in [1.165, 1.54) is 12.7 Å². The molecular formula is C20H21BrO3. The number of allylic oxidation sites excluding steroid dienone is 4. The van der Waals surface area contributed by atoms with E-state index in [1.54, 1.807) is 0 Å². The Morgan fingerprint density at radius 3 is 2.38 bits per heavy atom. The highest BCUT2D eigenvalue weighted by atomic mass is 79.9. The number of rotatable bonds is 2. The third-order valence-corrected chi connectivity index (χ3v) is 5.90. The Morgan fingerprint density at radius 2 is 1.83 bits per heavy atom. The van der Waals surface area contributed by atoms with Crippen LogP contribution < -0.4 is 0 Å². The Morgan fingerprint density at radius 1 is 1.21 bits per heavy atom. The van der Waals surface area contributed by atoms with Crippen LogP contribution in [0.25, 0.3) is 5.57 Å². The van der Waals surface area contributed by atoms with E-state index in [9.17, 15) is 9.59 Å². The van der Waals surface area contributed by atoms with Crippen LogP contribution in [0.2, 0.25) is 0 Å². The van der Waals surface area contributed by atoms with Crippen molar-refractivity contribution in [1.29, 1.82) is 0 Å². The molecule has 126 valence electrons. The average molecular weight is 389 g/mol. The van der Waals surface area contributed by atoms with Crippen molar-refractivity contribution in [3.05, 3.63) is 51.0 Å². The minimum atomic E-state index is -1.02. The summed E-state index contributed by atoms with van der Waals surface area (Å²) in [6.45, 7) is 5.98. The van der Waals surface area contributed by atoms with E-state index in [0.717, 1.165) is 26.8 Å². The summed E-state index contributed by atoms with van der Waals surface area (Å²) in [7, 11) is 1.36.